The minimum absolute atomic E-state index is 0.152. The second-order valence-corrected chi connectivity index (χ2v) is 10.7. The van der Waals surface area contributed by atoms with Crippen molar-refractivity contribution in [3.63, 3.8) is 0 Å². The zero-order valence-corrected chi connectivity index (χ0v) is 21.1. The molecular weight excluding hydrogens is 506 g/mol. The molecule has 4 aliphatic rings. The zero-order valence-electron chi connectivity index (χ0n) is 21.1. The first-order valence-electron chi connectivity index (χ1n) is 13.2. The second-order valence-electron chi connectivity index (χ2n) is 10.7. The first-order chi connectivity index (χ1) is 18.1. The average molecular weight is 540 g/mol. The number of carbonyl (C=O) groups excluding carboxylic acids is 1. The van der Waals surface area contributed by atoms with Crippen molar-refractivity contribution >= 4 is 17.7 Å². The number of benzene rings is 1. The summed E-state index contributed by atoms with van der Waals surface area (Å²) in [4.78, 5) is 30.0. The number of urea groups is 1. The van der Waals surface area contributed by atoms with Crippen LogP contribution < -0.4 is 10.3 Å². The van der Waals surface area contributed by atoms with E-state index in [4.69, 9.17) is 5.11 Å². The number of amides is 2. The lowest BCUT2D eigenvalue weighted by Crippen LogP contribution is -2.56. The van der Waals surface area contributed by atoms with Gasteiger partial charge in [0, 0.05) is 50.2 Å². The van der Waals surface area contributed by atoms with Crippen LogP contribution in [0, 0.1) is 0 Å². The van der Waals surface area contributed by atoms with E-state index in [-0.39, 0.29) is 11.6 Å². The summed E-state index contributed by atoms with van der Waals surface area (Å²) in [7, 11) is 0. The molecule has 2 N–H and O–H groups in total. The molecule has 8 nitrogen and oxygen atoms in total. The van der Waals surface area contributed by atoms with Gasteiger partial charge in [0.1, 0.15) is 12.2 Å². The third-order valence-electron chi connectivity index (χ3n) is 8.42. The van der Waals surface area contributed by atoms with E-state index in [0.717, 1.165) is 43.9 Å². The highest BCUT2D eigenvalue weighted by molar-refractivity contribution is 5.80. The summed E-state index contributed by atoms with van der Waals surface area (Å²) in [6, 6.07) is 2.67. The van der Waals surface area contributed by atoms with Crippen molar-refractivity contribution in [2.45, 2.75) is 69.0 Å². The Morgan fingerprint density at radius 1 is 1.05 bits per heavy atom. The molecule has 0 aromatic heterocycles. The number of piperidine rings is 2. The van der Waals surface area contributed by atoms with Crippen LogP contribution in [0.5, 0.6) is 0 Å². The van der Waals surface area contributed by atoms with Crippen molar-refractivity contribution in [3.05, 3.63) is 41.6 Å². The maximum atomic E-state index is 13.8. The lowest BCUT2D eigenvalue weighted by Gasteiger charge is -2.46. The molecule has 1 aromatic carbocycles. The number of likely N-dealkylation sites (tertiary alicyclic amines) is 2. The van der Waals surface area contributed by atoms with Crippen LogP contribution in [0.4, 0.5) is 28.0 Å². The highest BCUT2D eigenvalue weighted by Gasteiger charge is 2.45. The van der Waals surface area contributed by atoms with Crippen molar-refractivity contribution < 1.29 is 32.3 Å². The molecule has 0 saturated carbocycles. The molecule has 208 valence electrons. The Labute approximate surface area is 218 Å². The highest BCUT2D eigenvalue weighted by Crippen LogP contribution is 2.42. The van der Waals surface area contributed by atoms with Gasteiger partial charge in [-0.3, -0.25) is 9.69 Å². The number of nitrogens with one attached hydrogen (secondary N) is 1. The molecule has 0 bridgehead atoms. The van der Waals surface area contributed by atoms with Gasteiger partial charge in [0.2, 0.25) is 0 Å². The van der Waals surface area contributed by atoms with Gasteiger partial charge in [-0.1, -0.05) is 6.07 Å². The van der Waals surface area contributed by atoms with Gasteiger partial charge in [-0.15, -0.1) is 0 Å². The summed E-state index contributed by atoms with van der Waals surface area (Å²) in [6.07, 6.45) is 1.45. The maximum Gasteiger partial charge on any atom is 0.416 e. The Hall–Kier alpha value is -2.86. The molecule has 1 atom stereocenters. The number of nitrogens with zero attached hydrogens (tertiary/aromatic N) is 4. The van der Waals surface area contributed by atoms with E-state index in [1.165, 1.54) is 23.4 Å². The van der Waals surface area contributed by atoms with Crippen molar-refractivity contribution in [1.29, 1.82) is 0 Å². The van der Waals surface area contributed by atoms with Gasteiger partial charge < -0.3 is 14.9 Å². The molecule has 38 heavy (non-hydrogen) atoms. The minimum atomic E-state index is -4.45. The summed E-state index contributed by atoms with van der Waals surface area (Å²) in [6.45, 7) is 3.09. The van der Waals surface area contributed by atoms with Crippen molar-refractivity contribution in [2.24, 2.45) is 0 Å². The standard InChI is InChI=1S/C26H33F4N5O3/c27-20-4-11-32(12-5-20)22-16-19(26(28,29)30)3-2-18(22)17-34-10-1-7-25(34)8-14-33(15-9-25)24(38)35-13-6-21(31-35)23(36)37/h2-3,6,13,16,20-21,31H,1,4-5,7-12,14-15,17H2,(H,36,37). The minimum Gasteiger partial charge on any atom is -0.480 e. The number of carbonyl (C=O) groups is 2. The lowest BCUT2D eigenvalue weighted by atomic mass is 9.84. The Bertz CT molecular complexity index is 1080. The summed E-state index contributed by atoms with van der Waals surface area (Å²) >= 11 is 0. The molecule has 4 heterocycles. The van der Waals surface area contributed by atoms with Crippen LogP contribution in [0.25, 0.3) is 0 Å². The molecule has 4 aliphatic heterocycles. The molecule has 2 amide bonds. The molecule has 0 aliphatic carbocycles. The van der Waals surface area contributed by atoms with Crippen LogP contribution in [-0.2, 0) is 17.5 Å². The zero-order chi connectivity index (χ0) is 27.1. The van der Waals surface area contributed by atoms with Crippen LogP contribution in [-0.4, -0.2) is 82.4 Å². The number of anilines is 1. The maximum absolute atomic E-state index is 13.8. The molecule has 1 aromatic rings. The first kappa shape index (κ1) is 26.7. The lowest BCUT2D eigenvalue weighted by molar-refractivity contribution is -0.139. The van der Waals surface area contributed by atoms with Gasteiger partial charge >= 0.3 is 18.2 Å². The van der Waals surface area contributed by atoms with Crippen molar-refractivity contribution in [1.82, 2.24) is 20.2 Å². The Morgan fingerprint density at radius 3 is 2.39 bits per heavy atom. The molecule has 3 fully saturated rings. The van der Waals surface area contributed by atoms with Gasteiger partial charge in [0.15, 0.2) is 0 Å². The van der Waals surface area contributed by atoms with Gasteiger partial charge in [0.25, 0.3) is 0 Å². The SMILES string of the molecule is O=C(O)C1C=CN(C(=O)N2CCC3(CCCN3Cc3ccc(C(F)(F)F)cc3N3CCC(F)CC3)CC2)N1. The van der Waals surface area contributed by atoms with Crippen molar-refractivity contribution in [2.75, 3.05) is 37.6 Å². The number of aliphatic carboxylic acids is 1. The normalized spacial score (nSPS) is 24.5. The van der Waals surface area contributed by atoms with E-state index in [0.29, 0.717) is 51.3 Å². The number of alkyl halides is 4. The third kappa shape index (κ3) is 5.33. The molecule has 12 heteroatoms. The number of hydrogen-bond donors (Lipinski definition) is 2. The van der Waals surface area contributed by atoms with E-state index in [1.807, 2.05) is 4.90 Å². The summed E-state index contributed by atoms with van der Waals surface area (Å²) < 4.78 is 54.4. The van der Waals surface area contributed by atoms with E-state index in [9.17, 15) is 27.2 Å². The van der Waals surface area contributed by atoms with E-state index >= 15 is 0 Å². The number of carboxylic acid groups (broad SMARTS) is 1. The van der Waals surface area contributed by atoms with Gasteiger partial charge in [-0.2, -0.15) is 13.2 Å². The predicted octanol–water partition coefficient (Wildman–Crippen LogP) is 3.98. The van der Waals surface area contributed by atoms with Crippen LogP contribution in [0.3, 0.4) is 0 Å². The van der Waals surface area contributed by atoms with E-state index < -0.39 is 29.9 Å². The fourth-order valence-corrected chi connectivity index (χ4v) is 6.20. The second kappa shape index (κ2) is 10.4. The smallest absolute Gasteiger partial charge is 0.416 e. The number of halogens is 4. The predicted molar refractivity (Wildman–Crippen MR) is 132 cm³/mol. The Balaban J connectivity index is 1.29. The van der Waals surface area contributed by atoms with E-state index in [2.05, 4.69) is 10.3 Å². The van der Waals surface area contributed by atoms with Crippen LogP contribution >= 0.6 is 0 Å². The fraction of sp³-hybridized carbons (Fsp3) is 0.615. The molecule has 3 saturated heterocycles. The average Bonchev–Trinajstić information content (AvgIpc) is 3.53. The summed E-state index contributed by atoms with van der Waals surface area (Å²) in [5.74, 6) is -1.06. The molecule has 5 rings (SSSR count). The fourth-order valence-electron chi connectivity index (χ4n) is 6.20. The van der Waals surface area contributed by atoms with Crippen LogP contribution in [0.1, 0.15) is 49.7 Å². The van der Waals surface area contributed by atoms with Crippen LogP contribution in [0.15, 0.2) is 30.5 Å². The monoisotopic (exact) mass is 539 g/mol. The topological polar surface area (TPSA) is 79.4 Å². The Kier molecular flexibility index (Phi) is 7.29. The number of rotatable bonds is 4. The summed E-state index contributed by atoms with van der Waals surface area (Å²) in [5.41, 5.74) is 3.14. The number of hydrogen-bond acceptors (Lipinski definition) is 5. The highest BCUT2D eigenvalue weighted by atomic mass is 19.4. The first-order valence-corrected chi connectivity index (χ1v) is 13.2. The molecule has 1 unspecified atom stereocenters. The van der Waals surface area contributed by atoms with Gasteiger partial charge in [-0.25, -0.2) is 19.6 Å². The van der Waals surface area contributed by atoms with E-state index in [1.54, 1.807) is 11.0 Å². The van der Waals surface area contributed by atoms with Gasteiger partial charge in [-0.05, 0) is 68.8 Å². The Morgan fingerprint density at radius 2 is 1.76 bits per heavy atom. The number of hydrazine groups is 1. The van der Waals surface area contributed by atoms with Crippen molar-refractivity contribution in [3.8, 4) is 0 Å². The largest absolute Gasteiger partial charge is 0.480 e. The molecular formula is C26H33F4N5O3. The molecule has 1 spiro atoms. The quantitative estimate of drug-likeness (QED) is 0.564. The van der Waals surface area contributed by atoms with Gasteiger partial charge in [0.05, 0.1) is 5.56 Å². The molecule has 0 radical (unpaired) electrons. The summed E-state index contributed by atoms with van der Waals surface area (Å²) in [5, 5.41) is 10.3. The van der Waals surface area contributed by atoms with Crippen LogP contribution in [0.2, 0.25) is 0 Å². The number of carboxylic acids is 1. The third-order valence-corrected chi connectivity index (χ3v) is 8.42.